The van der Waals surface area contributed by atoms with Crippen molar-refractivity contribution >= 4 is 5.91 Å². The van der Waals surface area contributed by atoms with Crippen LogP contribution in [0.2, 0.25) is 0 Å². The van der Waals surface area contributed by atoms with E-state index >= 15 is 0 Å². The van der Waals surface area contributed by atoms with Crippen LogP contribution in [0.5, 0.6) is 0 Å². The Labute approximate surface area is 377 Å². The molecular weight excluding hydrogens is 747 g/mol. The Balaban J connectivity index is 3.65. The largest absolute Gasteiger partial charge is 0.394 e. The number of hydrogen-bond acceptors (Lipinski definition) is 3. The normalized spacial score (nSPS) is 14.1. The maximum atomic E-state index is 12.4. The number of aliphatic hydroxyl groups is 2. The fourth-order valence-electron chi connectivity index (χ4n) is 6.60. The maximum Gasteiger partial charge on any atom is 0.220 e. The molecule has 344 valence electrons. The third-order valence-electron chi connectivity index (χ3n) is 10.4. The van der Waals surface area contributed by atoms with Gasteiger partial charge in [0.25, 0.3) is 0 Å². The lowest BCUT2D eigenvalue weighted by atomic mass is 10.1. The molecule has 0 aromatic rings. The highest BCUT2D eigenvalue weighted by Crippen LogP contribution is 2.12. The number of rotatable bonds is 43. The molecule has 0 fully saturated rings. The van der Waals surface area contributed by atoms with Gasteiger partial charge in [0, 0.05) is 6.42 Å². The Morgan fingerprint density at radius 3 is 1.15 bits per heavy atom. The van der Waals surface area contributed by atoms with Crippen LogP contribution in [0.4, 0.5) is 0 Å². The summed E-state index contributed by atoms with van der Waals surface area (Å²) in [5, 5.41) is 23.0. The molecule has 61 heavy (non-hydrogen) atoms. The van der Waals surface area contributed by atoms with Crippen LogP contribution in [-0.2, 0) is 4.79 Å². The summed E-state index contributed by atoms with van der Waals surface area (Å²) < 4.78 is 0. The monoisotopic (exact) mass is 840 g/mol. The number of aliphatic hydroxyl groups excluding tert-OH is 2. The summed E-state index contributed by atoms with van der Waals surface area (Å²) in [5.41, 5.74) is 0. The van der Waals surface area contributed by atoms with Gasteiger partial charge in [-0.15, -0.1) is 0 Å². The summed E-state index contributed by atoms with van der Waals surface area (Å²) in [7, 11) is 0. The minimum Gasteiger partial charge on any atom is -0.394 e. The summed E-state index contributed by atoms with van der Waals surface area (Å²) in [6, 6.07) is -0.650. The zero-order valence-corrected chi connectivity index (χ0v) is 39.4. The first-order chi connectivity index (χ1) is 30.2. The molecule has 4 nitrogen and oxygen atoms in total. The van der Waals surface area contributed by atoms with Crippen LogP contribution in [0.25, 0.3) is 0 Å². The first kappa shape index (κ1) is 57.5. The molecule has 0 saturated carbocycles. The molecule has 0 spiro atoms. The van der Waals surface area contributed by atoms with Gasteiger partial charge in [0.1, 0.15) is 0 Å². The Hall–Kier alpha value is -3.47. The highest BCUT2D eigenvalue weighted by atomic mass is 16.3. The van der Waals surface area contributed by atoms with Crippen LogP contribution in [0, 0.1) is 0 Å². The van der Waals surface area contributed by atoms with Crippen molar-refractivity contribution < 1.29 is 15.0 Å². The molecule has 0 saturated heterocycles. The van der Waals surface area contributed by atoms with E-state index < -0.39 is 12.1 Å². The van der Waals surface area contributed by atoms with Gasteiger partial charge in [0.15, 0.2) is 0 Å². The van der Waals surface area contributed by atoms with Crippen molar-refractivity contribution in [2.75, 3.05) is 6.61 Å². The van der Waals surface area contributed by atoms with Gasteiger partial charge in [0.2, 0.25) is 5.91 Å². The van der Waals surface area contributed by atoms with E-state index in [-0.39, 0.29) is 12.5 Å². The molecule has 1 amide bonds. The molecule has 0 aliphatic heterocycles. The van der Waals surface area contributed by atoms with E-state index in [0.29, 0.717) is 6.42 Å². The number of nitrogens with one attached hydrogen (secondary N) is 1. The Morgan fingerprint density at radius 2 is 0.738 bits per heavy atom. The number of carbonyl (C=O) groups excluding carboxylic acids is 1. The molecule has 2 atom stereocenters. The average Bonchev–Trinajstić information content (AvgIpc) is 3.26. The van der Waals surface area contributed by atoms with Crippen molar-refractivity contribution in [2.45, 2.75) is 212 Å². The van der Waals surface area contributed by atoms with Crippen LogP contribution in [0.1, 0.15) is 200 Å². The van der Waals surface area contributed by atoms with Gasteiger partial charge in [-0.2, -0.15) is 0 Å². The zero-order chi connectivity index (χ0) is 44.2. The van der Waals surface area contributed by atoms with Crippen molar-refractivity contribution in [3.05, 3.63) is 134 Å². The lowest BCUT2D eigenvalue weighted by Crippen LogP contribution is -2.45. The summed E-state index contributed by atoms with van der Waals surface area (Å²) >= 11 is 0. The van der Waals surface area contributed by atoms with Crippen molar-refractivity contribution in [3.63, 3.8) is 0 Å². The third-order valence-corrected chi connectivity index (χ3v) is 10.4. The van der Waals surface area contributed by atoms with E-state index in [9.17, 15) is 15.0 Å². The molecule has 4 heteroatoms. The molecule has 3 N–H and O–H groups in total. The summed E-state index contributed by atoms with van der Waals surface area (Å²) in [6.07, 6.45) is 80.1. The number of unbranched alkanes of at least 4 members (excludes halogenated alkanes) is 16. The first-order valence-electron chi connectivity index (χ1n) is 24.9. The van der Waals surface area contributed by atoms with Crippen LogP contribution in [-0.4, -0.2) is 34.9 Å². The van der Waals surface area contributed by atoms with Crippen molar-refractivity contribution in [2.24, 2.45) is 0 Å². The highest BCUT2D eigenvalue weighted by Gasteiger charge is 2.17. The van der Waals surface area contributed by atoms with Gasteiger partial charge >= 0.3 is 0 Å². The van der Waals surface area contributed by atoms with Crippen LogP contribution in [0.3, 0.4) is 0 Å². The molecule has 2 unspecified atom stereocenters. The highest BCUT2D eigenvalue weighted by molar-refractivity contribution is 5.76. The van der Waals surface area contributed by atoms with E-state index in [1.54, 1.807) is 6.08 Å². The SMILES string of the molecule is CC/C=C\C/C=C\C/C=C\C/C=C\C/C=C\C/C=C\C/C=C\C/C=C\C/C=C\CCCCCCCCCCCC(=O)NC(CO)C(O)/C=C/CC/C=C/CCCCCCCC. The van der Waals surface area contributed by atoms with Crippen LogP contribution >= 0.6 is 0 Å². The predicted molar refractivity (Wildman–Crippen MR) is 271 cm³/mol. The Morgan fingerprint density at radius 1 is 0.410 bits per heavy atom. The van der Waals surface area contributed by atoms with Crippen LogP contribution < -0.4 is 5.32 Å². The Bertz CT molecular complexity index is 1270. The van der Waals surface area contributed by atoms with E-state index in [4.69, 9.17) is 0 Å². The lowest BCUT2D eigenvalue weighted by Gasteiger charge is -2.19. The van der Waals surface area contributed by atoms with Gasteiger partial charge in [-0.25, -0.2) is 0 Å². The second kappa shape index (κ2) is 50.9. The topological polar surface area (TPSA) is 69.6 Å². The fraction of sp³-hybridized carbons (Fsp3) is 0.596. The third kappa shape index (κ3) is 47.4. The fourth-order valence-corrected chi connectivity index (χ4v) is 6.60. The van der Waals surface area contributed by atoms with E-state index in [0.717, 1.165) is 96.3 Å². The zero-order valence-electron chi connectivity index (χ0n) is 39.4. The van der Waals surface area contributed by atoms with Gasteiger partial charge in [-0.1, -0.05) is 225 Å². The Kier molecular flexibility index (Phi) is 48.0. The quantitative estimate of drug-likeness (QED) is 0.0423. The number of allylic oxidation sites excluding steroid dienone is 21. The van der Waals surface area contributed by atoms with Crippen molar-refractivity contribution in [3.8, 4) is 0 Å². The molecule has 0 aromatic carbocycles. The van der Waals surface area contributed by atoms with Gasteiger partial charge in [-0.3, -0.25) is 4.79 Å². The van der Waals surface area contributed by atoms with Crippen molar-refractivity contribution in [1.82, 2.24) is 5.32 Å². The predicted octanol–water partition coefficient (Wildman–Crippen LogP) is 16.3. The molecule has 0 aliphatic carbocycles. The minimum atomic E-state index is -0.872. The maximum absolute atomic E-state index is 12.4. The van der Waals surface area contributed by atoms with E-state index in [1.165, 1.54) is 83.5 Å². The number of hydrogen-bond donors (Lipinski definition) is 3. The first-order valence-corrected chi connectivity index (χ1v) is 24.9. The van der Waals surface area contributed by atoms with Gasteiger partial charge in [-0.05, 0) is 103 Å². The molecule has 0 bridgehead atoms. The summed E-state index contributed by atoms with van der Waals surface area (Å²) in [6.45, 7) is 4.14. The van der Waals surface area contributed by atoms with Gasteiger partial charge < -0.3 is 15.5 Å². The van der Waals surface area contributed by atoms with E-state index in [2.05, 4.69) is 141 Å². The minimum absolute atomic E-state index is 0.0882. The lowest BCUT2D eigenvalue weighted by molar-refractivity contribution is -0.123. The number of carbonyl (C=O) groups is 1. The van der Waals surface area contributed by atoms with Gasteiger partial charge in [0.05, 0.1) is 18.8 Å². The van der Waals surface area contributed by atoms with Crippen LogP contribution in [0.15, 0.2) is 134 Å². The van der Waals surface area contributed by atoms with E-state index in [1.807, 2.05) is 6.08 Å². The molecule has 0 rings (SSSR count). The molecule has 0 heterocycles. The standard InChI is InChI=1S/C57H93NO3/c1-3-5-7-9-11-13-15-17-18-19-20-21-22-23-24-25-26-27-28-29-30-31-32-33-34-35-36-37-38-39-40-41-43-45-47-49-51-53-57(61)58-55(54-59)56(60)52-50-48-46-44-42-16-14-12-10-8-6-4-2/h5,7,11,13,17-18,20-21,23-24,26-27,29-30,32-33,35-36,42,44,50,52,55-56,59-60H,3-4,6,8-10,12,14-16,19,22,25,28,31,34,37-41,43,45-49,51,53-54H2,1-2H3,(H,58,61)/b7-5-,13-11-,18-17-,21-20-,24-23-,27-26-,30-29-,33-32-,36-35-,44-42+,52-50+. The summed E-state index contributed by atoms with van der Waals surface area (Å²) in [4.78, 5) is 12.4. The smallest absolute Gasteiger partial charge is 0.220 e. The summed E-state index contributed by atoms with van der Waals surface area (Å²) in [5.74, 6) is -0.0882. The molecule has 0 aliphatic rings. The molecule has 0 radical (unpaired) electrons. The second-order valence-electron chi connectivity index (χ2n) is 16.1. The molecular formula is C57H93NO3. The second-order valence-corrected chi connectivity index (χ2v) is 16.1. The number of amides is 1. The van der Waals surface area contributed by atoms with Crippen molar-refractivity contribution in [1.29, 1.82) is 0 Å². The average molecular weight is 840 g/mol. The molecule has 0 aromatic heterocycles.